The van der Waals surface area contributed by atoms with Crippen molar-refractivity contribution in [1.82, 2.24) is 36.8 Å². The summed E-state index contributed by atoms with van der Waals surface area (Å²) in [5, 5.41) is 25.9. The quantitative estimate of drug-likeness (QED) is 0.0407. The minimum Gasteiger partial charge on any atom is -0.480 e. The third-order valence-electron chi connectivity index (χ3n) is 10.6. The molecule has 0 unspecified atom stereocenters. The van der Waals surface area contributed by atoms with Gasteiger partial charge in [-0.05, 0) is 81.3 Å². The van der Waals surface area contributed by atoms with Crippen LogP contribution in [0.4, 0.5) is 0 Å². The maximum absolute atomic E-state index is 14.0. The number of carboxylic acid groups (broad SMARTS) is 1. The number of aliphatic carboxylic acids is 1. The van der Waals surface area contributed by atoms with Gasteiger partial charge in [-0.15, -0.1) is 0 Å². The van der Waals surface area contributed by atoms with E-state index in [2.05, 4.69) is 37.6 Å². The highest BCUT2D eigenvalue weighted by Gasteiger charge is 2.40. The fourth-order valence-corrected chi connectivity index (χ4v) is 8.37. The average Bonchev–Trinajstić information content (AvgIpc) is 3.71. The highest BCUT2D eigenvalue weighted by molar-refractivity contribution is 7.99. The van der Waals surface area contributed by atoms with E-state index in [1.807, 2.05) is 46.3 Å². The summed E-state index contributed by atoms with van der Waals surface area (Å²) in [6.07, 6.45) is 8.30. The Kier molecular flexibility index (Phi) is 26.5. The number of hydrogen-bond acceptors (Lipinski definition) is 11. The van der Waals surface area contributed by atoms with E-state index < -0.39 is 95.7 Å². The minimum absolute atomic E-state index is 0.125. The van der Waals surface area contributed by atoms with Crippen LogP contribution in [0.2, 0.25) is 0 Å². The van der Waals surface area contributed by atoms with Gasteiger partial charge in [-0.25, -0.2) is 4.79 Å². The Labute approximate surface area is 381 Å². The minimum atomic E-state index is -1.19. The lowest BCUT2D eigenvalue weighted by atomic mass is 9.99. The largest absolute Gasteiger partial charge is 0.480 e. The lowest BCUT2D eigenvalue weighted by Crippen LogP contribution is -2.69. The maximum Gasteiger partial charge on any atom is 0.326 e. The molecule has 1 saturated heterocycles. The molecule has 1 aliphatic heterocycles. The maximum atomic E-state index is 14.0. The Balaban J connectivity index is 3.21. The highest BCUT2D eigenvalue weighted by Crippen LogP contribution is 2.21. The van der Waals surface area contributed by atoms with Crippen LogP contribution in [0.15, 0.2) is 11.6 Å². The van der Waals surface area contributed by atoms with Crippen molar-refractivity contribution in [2.45, 2.75) is 143 Å². The summed E-state index contributed by atoms with van der Waals surface area (Å²) in [6, 6.07) is -7.91. The molecule has 1 heterocycles. The van der Waals surface area contributed by atoms with Crippen LogP contribution < -0.4 is 37.6 Å². The molecule has 20 heteroatoms. The number of amides is 7. The normalized spacial score (nSPS) is 17.6. The first-order chi connectivity index (χ1) is 29.1. The van der Waals surface area contributed by atoms with Crippen LogP contribution in [-0.2, 0) is 38.4 Å². The molecule has 8 atom stereocenters. The first kappa shape index (κ1) is 56.5. The predicted molar refractivity (Wildman–Crippen MR) is 248 cm³/mol. The number of allylic oxidation sites excluding steroid dienone is 1. The second-order valence-corrected chi connectivity index (χ2v) is 19.8. The molecule has 0 aromatic heterocycles. The molecule has 0 spiro atoms. The van der Waals surface area contributed by atoms with Crippen LogP contribution in [0, 0.1) is 17.8 Å². The van der Waals surface area contributed by atoms with E-state index in [0.29, 0.717) is 37.3 Å². The van der Waals surface area contributed by atoms with E-state index in [0.717, 1.165) is 17.7 Å². The lowest BCUT2D eigenvalue weighted by Gasteiger charge is -2.31. The summed E-state index contributed by atoms with van der Waals surface area (Å²) in [5.41, 5.74) is 5.09. The fourth-order valence-electron chi connectivity index (χ4n) is 6.37. The van der Waals surface area contributed by atoms with Crippen LogP contribution >= 0.6 is 35.3 Å². The number of nitrogens with zero attached hydrogens (tertiary/aromatic N) is 1. The molecule has 7 amide bonds. The van der Waals surface area contributed by atoms with Gasteiger partial charge in [-0.1, -0.05) is 60.1 Å². The molecule has 0 radical (unpaired) electrons. The second-order valence-electron chi connectivity index (χ2n) is 16.8. The van der Waals surface area contributed by atoms with Crippen LogP contribution in [0.5, 0.6) is 0 Å². The molecule has 354 valence electrons. The lowest BCUT2D eigenvalue weighted by molar-refractivity contribution is -0.404. The Morgan fingerprint density at radius 2 is 1.23 bits per heavy atom. The standard InChI is InChI=1S/C42H74N8O9S3/c1-12-26(8)15-21-62-22-30(37(53)47-33(24(4)5)40(56)48-32(23(2)3)39(55)45-29(42(58)59)17-20-61-11)46-35(51)27(9)44-38(54)31-14-13-18-50(31)41(57)34(25(6)7)49-36(52)28(43)16-19-60-10/h15,23-25,27-34H,12-14,16-22,43H2,1-11H3,(H,44,54)(H,45,55)(H,46,51)(H,47,53)(H,48,56)(H,49,52)(H,58,59)/p+1/b26-15+/t27-,28-,29-,30-,31-,32-,33-,34-/m0/s1. The van der Waals surface area contributed by atoms with Crippen LogP contribution in [-0.4, -0.2) is 148 Å². The molecule has 17 nitrogen and oxygen atoms in total. The molecule has 0 saturated carbocycles. The van der Waals surface area contributed by atoms with Gasteiger partial charge in [0, 0.05) is 24.5 Å². The van der Waals surface area contributed by atoms with Crippen molar-refractivity contribution in [3.05, 3.63) is 11.6 Å². The predicted octanol–water partition coefficient (Wildman–Crippen LogP) is 1.16. The van der Waals surface area contributed by atoms with Gasteiger partial charge in [0.25, 0.3) is 5.91 Å². The smallest absolute Gasteiger partial charge is 0.326 e. The van der Waals surface area contributed by atoms with E-state index in [-0.39, 0.29) is 29.9 Å². The Hall–Kier alpha value is -3.49. The zero-order valence-electron chi connectivity index (χ0n) is 38.6. The molecule has 0 aromatic rings. The number of rotatable bonds is 28. The molecular weight excluding hydrogens is 857 g/mol. The SMILES string of the molecule is CC/C(C)=C/CSC[C@H](NC(=O)[C@H](C)NC(=O)[C@@H]1CCCN1C(=O)[C@@H](NC(=O)[C@@H]([NH3+])CCSC)C(C)C)C(=O)N[C@H](C(=O)N[C@H](C(=O)N[C@@H](CCSC)C(=O)O)C(C)C)C(C)C. The summed E-state index contributed by atoms with van der Waals surface area (Å²) in [4.78, 5) is 108. The number of carboxylic acids is 1. The van der Waals surface area contributed by atoms with Gasteiger partial charge in [-0.3, -0.25) is 33.6 Å². The number of carbonyl (C=O) groups excluding carboxylic acids is 7. The average molecular weight is 932 g/mol. The van der Waals surface area contributed by atoms with Crippen molar-refractivity contribution in [3.63, 3.8) is 0 Å². The van der Waals surface area contributed by atoms with Crippen molar-refractivity contribution in [1.29, 1.82) is 0 Å². The first-order valence-electron chi connectivity index (χ1n) is 21.5. The monoisotopic (exact) mass is 931 g/mol. The molecule has 62 heavy (non-hydrogen) atoms. The first-order valence-corrected chi connectivity index (χ1v) is 25.4. The van der Waals surface area contributed by atoms with Crippen LogP contribution in [0.1, 0.15) is 94.4 Å². The number of quaternary nitrogens is 1. The third-order valence-corrected chi connectivity index (χ3v) is 12.9. The van der Waals surface area contributed by atoms with Gasteiger partial charge in [-0.2, -0.15) is 35.3 Å². The van der Waals surface area contributed by atoms with E-state index >= 15 is 0 Å². The number of carbonyl (C=O) groups is 8. The molecule has 0 aliphatic carbocycles. The number of nitrogens with one attached hydrogen (secondary N) is 6. The summed E-state index contributed by atoms with van der Waals surface area (Å²) in [5.74, 6) is -4.31. The van der Waals surface area contributed by atoms with Crippen LogP contribution in [0.3, 0.4) is 0 Å². The van der Waals surface area contributed by atoms with E-state index in [1.165, 1.54) is 35.3 Å². The van der Waals surface area contributed by atoms with Gasteiger partial charge in [0.2, 0.25) is 35.4 Å². The molecule has 0 aromatic carbocycles. The Morgan fingerprint density at radius 1 is 0.710 bits per heavy atom. The van der Waals surface area contributed by atoms with E-state index in [1.54, 1.807) is 39.5 Å². The highest BCUT2D eigenvalue weighted by atomic mass is 32.2. The van der Waals surface area contributed by atoms with Gasteiger partial charge in [0.1, 0.15) is 42.3 Å². The Bertz CT molecular complexity index is 1550. The van der Waals surface area contributed by atoms with Crippen LogP contribution in [0.25, 0.3) is 0 Å². The third kappa shape index (κ3) is 19.1. The topological polar surface area (TPSA) is 260 Å². The van der Waals surface area contributed by atoms with Gasteiger partial charge < -0.3 is 47.6 Å². The summed E-state index contributed by atoms with van der Waals surface area (Å²) in [7, 11) is 0. The zero-order valence-corrected chi connectivity index (χ0v) is 41.0. The van der Waals surface area contributed by atoms with Crippen molar-refractivity contribution >= 4 is 82.6 Å². The van der Waals surface area contributed by atoms with Crippen molar-refractivity contribution in [3.8, 4) is 0 Å². The Morgan fingerprint density at radius 3 is 1.76 bits per heavy atom. The van der Waals surface area contributed by atoms with Gasteiger partial charge >= 0.3 is 5.97 Å². The van der Waals surface area contributed by atoms with E-state index in [9.17, 15) is 43.5 Å². The summed E-state index contributed by atoms with van der Waals surface area (Å²) < 4.78 is 0. The summed E-state index contributed by atoms with van der Waals surface area (Å²) >= 11 is 4.44. The van der Waals surface area contributed by atoms with Crippen molar-refractivity contribution in [2.24, 2.45) is 17.8 Å². The van der Waals surface area contributed by atoms with Gasteiger partial charge in [0.15, 0.2) is 6.04 Å². The van der Waals surface area contributed by atoms with Crippen molar-refractivity contribution < 1.29 is 49.2 Å². The molecule has 1 aliphatic rings. The number of hydrogen-bond donors (Lipinski definition) is 8. The number of thioether (sulfide) groups is 3. The molecule has 10 N–H and O–H groups in total. The molecular formula is C42H75N8O9S3+. The molecule has 1 fully saturated rings. The zero-order chi connectivity index (χ0) is 47.3. The molecule has 1 rings (SSSR count). The second kappa shape index (κ2) is 29.1. The number of likely N-dealkylation sites (tertiary alicyclic amines) is 1. The molecule has 0 bridgehead atoms. The van der Waals surface area contributed by atoms with Crippen molar-refractivity contribution in [2.75, 3.05) is 42.1 Å². The summed E-state index contributed by atoms with van der Waals surface area (Å²) in [6.45, 7) is 16.3. The van der Waals surface area contributed by atoms with E-state index in [4.69, 9.17) is 0 Å². The fraction of sp³-hybridized carbons (Fsp3) is 0.762. The van der Waals surface area contributed by atoms with Gasteiger partial charge in [0.05, 0.1) is 0 Å².